The van der Waals surface area contributed by atoms with Gasteiger partial charge in [-0.25, -0.2) is 0 Å². The van der Waals surface area contributed by atoms with Crippen LogP contribution in [0, 0.1) is 0 Å². The van der Waals surface area contributed by atoms with Crippen LogP contribution in [0.2, 0.25) is 0 Å². The van der Waals surface area contributed by atoms with Gasteiger partial charge < -0.3 is 24.1 Å². The Morgan fingerprint density at radius 3 is 2.52 bits per heavy atom. The maximum atomic E-state index is 11.8. The highest BCUT2D eigenvalue weighted by Crippen LogP contribution is 2.36. The smallest absolute Gasteiger partial charge is 0.484 e. The lowest BCUT2D eigenvalue weighted by molar-refractivity contribution is -0.123. The van der Waals surface area contributed by atoms with E-state index in [-0.39, 0.29) is 12.5 Å². The van der Waals surface area contributed by atoms with Gasteiger partial charge in [-0.3, -0.25) is 4.79 Å². The Bertz CT molecular complexity index is 575. The highest BCUT2D eigenvalue weighted by Gasteiger charge is 2.51. The lowest BCUT2D eigenvalue weighted by atomic mass is 9.79. The summed E-state index contributed by atoms with van der Waals surface area (Å²) in [5, 5.41) is 2.79. The second-order valence-corrected chi connectivity index (χ2v) is 7.15. The van der Waals surface area contributed by atoms with Crippen molar-refractivity contribution in [2.75, 3.05) is 26.9 Å². The second kappa shape index (κ2) is 8.21. The molecule has 25 heavy (non-hydrogen) atoms. The molecule has 0 atom stereocenters. The van der Waals surface area contributed by atoms with E-state index in [2.05, 4.69) is 5.32 Å². The molecule has 0 spiro atoms. The van der Waals surface area contributed by atoms with Gasteiger partial charge in [0.15, 0.2) is 6.61 Å². The Morgan fingerprint density at radius 2 is 1.88 bits per heavy atom. The van der Waals surface area contributed by atoms with E-state index >= 15 is 0 Å². The van der Waals surface area contributed by atoms with Gasteiger partial charge in [0.25, 0.3) is 5.91 Å². The monoisotopic (exact) mass is 349 g/mol. The largest absolute Gasteiger partial charge is 0.494 e. The van der Waals surface area contributed by atoms with Crippen molar-refractivity contribution in [1.29, 1.82) is 0 Å². The van der Waals surface area contributed by atoms with Crippen molar-refractivity contribution in [3.63, 3.8) is 0 Å². The quantitative estimate of drug-likeness (QED) is 0.569. The Kier molecular flexibility index (Phi) is 6.49. The molecule has 0 saturated carbocycles. The zero-order valence-electron chi connectivity index (χ0n) is 15.8. The molecule has 0 aromatic heterocycles. The summed E-state index contributed by atoms with van der Waals surface area (Å²) < 4.78 is 22.6. The molecule has 1 aromatic rings. The number of benzene rings is 1. The molecule has 1 N–H and O–H groups in total. The van der Waals surface area contributed by atoms with Gasteiger partial charge in [0, 0.05) is 20.3 Å². The number of carbonyl (C=O) groups is 1. The number of rotatable bonds is 8. The van der Waals surface area contributed by atoms with Crippen molar-refractivity contribution in [2.24, 2.45) is 0 Å². The third kappa shape index (κ3) is 5.20. The van der Waals surface area contributed by atoms with Crippen LogP contribution in [0.15, 0.2) is 24.3 Å². The molecule has 1 fully saturated rings. The van der Waals surface area contributed by atoms with Gasteiger partial charge in [0.05, 0.1) is 11.2 Å². The topological polar surface area (TPSA) is 66.0 Å². The first-order valence-electron chi connectivity index (χ1n) is 8.59. The first-order valence-corrected chi connectivity index (χ1v) is 8.59. The zero-order valence-corrected chi connectivity index (χ0v) is 15.8. The second-order valence-electron chi connectivity index (χ2n) is 7.15. The number of hydrogen-bond donors (Lipinski definition) is 1. The Hall–Kier alpha value is -1.57. The number of ether oxygens (including phenoxy) is 2. The molecule has 0 aliphatic carbocycles. The van der Waals surface area contributed by atoms with E-state index in [1.54, 1.807) is 7.11 Å². The normalized spacial score (nSPS) is 18.2. The van der Waals surface area contributed by atoms with E-state index in [4.69, 9.17) is 18.8 Å². The molecule has 138 valence electrons. The number of amides is 1. The van der Waals surface area contributed by atoms with Crippen LogP contribution >= 0.6 is 0 Å². The van der Waals surface area contributed by atoms with Gasteiger partial charge in [-0.15, -0.1) is 0 Å². The molecule has 1 saturated heterocycles. The van der Waals surface area contributed by atoms with E-state index < -0.39 is 18.3 Å². The first-order chi connectivity index (χ1) is 11.7. The highest BCUT2D eigenvalue weighted by atomic mass is 16.7. The number of hydrogen-bond acceptors (Lipinski definition) is 5. The van der Waals surface area contributed by atoms with Crippen molar-refractivity contribution in [2.45, 2.75) is 45.3 Å². The average Bonchev–Trinajstić information content (AvgIpc) is 2.78. The fourth-order valence-corrected chi connectivity index (χ4v) is 2.37. The summed E-state index contributed by atoms with van der Waals surface area (Å²) in [6.07, 6.45) is 0.777. The van der Waals surface area contributed by atoms with Crippen LogP contribution in [-0.2, 0) is 18.8 Å². The van der Waals surface area contributed by atoms with Crippen LogP contribution in [0.3, 0.4) is 0 Å². The Morgan fingerprint density at radius 1 is 1.20 bits per heavy atom. The molecule has 0 radical (unpaired) electrons. The zero-order chi connectivity index (χ0) is 18.5. The molecule has 7 heteroatoms. The predicted octanol–water partition coefficient (Wildman–Crippen LogP) is 1.52. The lowest BCUT2D eigenvalue weighted by Gasteiger charge is -2.32. The summed E-state index contributed by atoms with van der Waals surface area (Å²) in [6, 6.07) is 7.46. The molecule has 1 aliphatic rings. The van der Waals surface area contributed by atoms with Crippen molar-refractivity contribution >= 4 is 18.5 Å². The summed E-state index contributed by atoms with van der Waals surface area (Å²) in [7, 11) is 1.19. The van der Waals surface area contributed by atoms with Crippen LogP contribution in [-0.4, -0.2) is 51.1 Å². The molecule has 0 unspecified atom stereocenters. The van der Waals surface area contributed by atoms with Gasteiger partial charge in [-0.2, -0.15) is 0 Å². The van der Waals surface area contributed by atoms with Crippen molar-refractivity contribution in [3.05, 3.63) is 24.3 Å². The summed E-state index contributed by atoms with van der Waals surface area (Å²) in [5.74, 6) is 0.455. The standard InChI is InChI=1S/C18H28BNO5/c1-17(2)18(3,4)25-19(24-17)14-8-6-9-15(12-14)23-13-16(21)20-10-7-11-22-5/h6,8-9,12H,7,10-11,13H2,1-5H3,(H,20,21). The van der Waals surface area contributed by atoms with Gasteiger partial charge >= 0.3 is 7.12 Å². The van der Waals surface area contributed by atoms with Crippen molar-refractivity contribution < 1.29 is 23.6 Å². The number of methoxy groups -OCH3 is 1. The molecule has 6 nitrogen and oxygen atoms in total. The van der Waals surface area contributed by atoms with E-state index in [1.165, 1.54) is 0 Å². The first kappa shape index (κ1) is 19.8. The van der Waals surface area contributed by atoms with Crippen molar-refractivity contribution in [1.82, 2.24) is 5.32 Å². The molecule has 1 amide bonds. The van der Waals surface area contributed by atoms with E-state index in [9.17, 15) is 4.79 Å². The SMILES string of the molecule is COCCCNC(=O)COc1cccc(B2OC(C)(C)C(C)(C)O2)c1. The summed E-state index contributed by atoms with van der Waals surface area (Å²) in [4.78, 5) is 11.8. The van der Waals surface area contributed by atoms with Gasteiger partial charge in [-0.05, 0) is 51.7 Å². The van der Waals surface area contributed by atoms with Crippen LogP contribution in [0.5, 0.6) is 5.75 Å². The molecular weight excluding hydrogens is 321 g/mol. The maximum Gasteiger partial charge on any atom is 0.494 e. The Labute approximate surface area is 150 Å². The summed E-state index contributed by atoms with van der Waals surface area (Å²) in [6.45, 7) is 9.23. The van der Waals surface area contributed by atoms with E-state index in [0.717, 1.165) is 11.9 Å². The van der Waals surface area contributed by atoms with Crippen LogP contribution in [0.4, 0.5) is 0 Å². The van der Waals surface area contributed by atoms with Crippen LogP contribution in [0.25, 0.3) is 0 Å². The predicted molar refractivity (Wildman–Crippen MR) is 97.2 cm³/mol. The highest BCUT2D eigenvalue weighted by molar-refractivity contribution is 6.62. The fraction of sp³-hybridized carbons (Fsp3) is 0.611. The molecule has 0 bridgehead atoms. The van der Waals surface area contributed by atoms with Gasteiger partial charge in [-0.1, -0.05) is 12.1 Å². The van der Waals surface area contributed by atoms with E-state index in [0.29, 0.717) is 18.9 Å². The molecule has 1 heterocycles. The third-order valence-electron chi connectivity index (χ3n) is 4.60. The molecular formula is C18H28BNO5. The number of carbonyl (C=O) groups excluding carboxylic acids is 1. The lowest BCUT2D eigenvalue weighted by Crippen LogP contribution is -2.41. The third-order valence-corrected chi connectivity index (χ3v) is 4.60. The molecule has 2 rings (SSSR count). The van der Waals surface area contributed by atoms with Crippen LogP contribution < -0.4 is 15.5 Å². The summed E-state index contributed by atoms with van der Waals surface area (Å²) >= 11 is 0. The van der Waals surface area contributed by atoms with Crippen molar-refractivity contribution in [3.8, 4) is 5.75 Å². The van der Waals surface area contributed by atoms with Gasteiger partial charge in [0.2, 0.25) is 0 Å². The maximum absolute atomic E-state index is 11.8. The van der Waals surface area contributed by atoms with Gasteiger partial charge in [0.1, 0.15) is 5.75 Å². The van der Waals surface area contributed by atoms with Crippen LogP contribution in [0.1, 0.15) is 34.1 Å². The molecule has 1 aliphatic heterocycles. The average molecular weight is 349 g/mol. The van der Waals surface area contributed by atoms with E-state index in [1.807, 2.05) is 52.0 Å². The molecule has 1 aromatic carbocycles. The summed E-state index contributed by atoms with van der Waals surface area (Å²) in [5.41, 5.74) is 0.0874. The minimum absolute atomic E-state index is 0.0280. The number of nitrogens with one attached hydrogen (secondary N) is 1. The minimum atomic E-state index is -0.448. The fourth-order valence-electron chi connectivity index (χ4n) is 2.37. The minimum Gasteiger partial charge on any atom is -0.484 e. The Balaban J connectivity index is 1.89.